The number of nitrogens with two attached hydrogens (primary N) is 1. The highest BCUT2D eigenvalue weighted by atomic mass is 16.5. The maximum Gasteiger partial charge on any atom is 0.287 e. The van der Waals surface area contributed by atoms with Crippen LogP contribution in [0.1, 0.15) is 16.1 Å². The Morgan fingerprint density at radius 1 is 1.11 bits per heavy atom. The minimum absolute atomic E-state index is 0.0458. The second-order valence-electron chi connectivity index (χ2n) is 6.17. The van der Waals surface area contributed by atoms with Gasteiger partial charge in [-0.2, -0.15) is 0 Å². The second kappa shape index (κ2) is 7.83. The Balaban J connectivity index is 2.04. The van der Waals surface area contributed by atoms with Gasteiger partial charge in [-0.05, 0) is 36.4 Å². The Morgan fingerprint density at radius 2 is 1.79 bits per heavy atom. The number of carbonyl (C=O) groups excluding carboxylic acids is 1. The van der Waals surface area contributed by atoms with Crippen molar-refractivity contribution in [3.63, 3.8) is 0 Å². The van der Waals surface area contributed by atoms with Crippen LogP contribution in [-0.4, -0.2) is 43.0 Å². The van der Waals surface area contributed by atoms with E-state index in [1.165, 1.54) is 6.07 Å². The van der Waals surface area contributed by atoms with E-state index in [1.807, 2.05) is 0 Å². The Morgan fingerprint density at radius 3 is 2.36 bits per heavy atom. The van der Waals surface area contributed by atoms with E-state index in [9.17, 15) is 4.79 Å². The lowest BCUT2D eigenvalue weighted by Crippen LogP contribution is -2.21. The van der Waals surface area contributed by atoms with Gasteiger partial charge in [0.1, 0.15) is 28.8 Å². The number of ether oxygens (including phenoxy) is 2. The average molecular weight is 380 g/mol. The van der Waals surface area contributed by atoms with Crippen LogP contribution in [0.15, 0.2) is 53.1 Å². The van der Waals surface area contributed by atoms with Gasteiger partial charge in [0.2, 0.25) is 5.76 Å². The number of benzene rings is 2. The quantitative estimate of drug-likeness (QED) is 0.501. The van der Waals surface area contributed by atoms with Crippen molar-refractivity contribution in [2.45, 2.75) is 0 Å². The standard InChI is InChI=1S/C20H20N4O4/c1-24(2)19(21)12-4-9-15(16-11-18(20(22)25)28-23-16)17(10-12)27-14-7-5-13(26-3)6-8-14/h4-11,21H,1-3H3,(H2,22,25). The average Bonchev–Trinajstić information content (AvgIpc) is 3.18. The first-order valence-corrected chi connectivity index (χ1v) is 8.38. The lowest BCUT2D eigenvalue weighted by molar-refractivity contribution is 0.0965. The van der Waals surface area contributed by atoms with Crippen LogP contribution in [0.3, 0.4) is 0 Å². The van der Waals surface area contributed by atoms with Crippen LogP contribution in [-0.2, 0) is 0 Å². The van der Waals surface area contributed by atoms with Crippen LogP contribution in [0.5, 0.6) is 17.2 Å². The number of amidine groups is 1. The molecule has 0 aliphatic rings. The molecule has 8 nitrogen and oxygen atoms in total. The van der Waals surface area contributed by atoms with Gasteiger partial charge in [0.25, 0.3) is 5.91 Å². The SMILES string of the molecule is COc1ccc(Oc2cc(C(=N)N(C)C)ccc2-c2cc(C(N)=O)on2)cc1. The third-order valence-electron chi connectivity index (χ3n) is 4.02. The highest BCUT2D eigenvalue weighted by Crippen LogP contribution is 2.34. The molecule has 3 rings (SSSR count). The van der Waals surface area contributed by atoms with Crippen molar-refractivity contribution in [2.24, 2.45) is 5.73 Å². The van der Waals surface area contributed by atoms with Gasteiger partial charge < -0.3 is 24.6 Å². The molecule has 0 saturated heterocycles. The molecule has 1 aromatic heterocycles. The molecule has 1 heterocycles. The Kier molecular flexibility index (Phi) is 5.30. The van der Waals surface area contributed by atoms with Gasteiger partial charge in [-0.3, -0.25) is 10.2 Å². The normalized spacial score (nSPS) is 10.4. The van der Waals surface area contributed by atoms with E-state index in [4.69, 9.17) is 25.1 Å². The fraction of sp³-hybridized carbons (Fsp3) is 0.150. The monoisotopic (exact) mass is 380 g/mol. The molecule has 1 amide bonds. The summed E-state index contributed by atoms with van der Waals surface area (Å²) in [5.41, 5.74) is 6.91. The van der Waals surface area contributed by atoms with Crippen LogP contribution < -0.4 is 15.2 Å². The third-order valence-corrected chi connectivity index (χ3v) is 4.02. The molecule has 0 atom stereocenters. The van der Waals surface area contributed by atoms with Crippen molar-refractivity contribution in [1.82, 2.24) is 10.1 Å². The summed E-state index contributed by atoms with van der Waals surface area (Å²) >= 11 is 0. The summed E-state index contributed by atoms with van der Waals surface area (Å²) in [5.74, 6) is 1.31. The predicted molar refractivity (Wildman–Crippen MR) is 104 cm³/mol. The fourth-order valence-electron chi connectivity index (χ4n) is 2.51. The first-order chi connectivity index (χ1) is 13.4. The van der Waals surface area contributed by atoms with Crippen LogP contribution in [0.4, 0.5) is 0 Å². The largest absolute Gasteiger partial charge is 0.497 e. The number of carbonyl (C=O) groups is 1. The van der Waals surface area contributed by atoms with Crippen LogP contribution >= 0.6 is 0 Å². The third kappa shape index (κ3) is 3.96. The molecule has 0 spiro atoms. The number of amides is 1. The molecule has 3 aromatic rings. The topological polar surface area (TPSA) is 115 Å². The van der Waals surface area contributed by atoms with Gasteiger partial charge in [-0.25, -0.2) is 0 Å². The number of rotatable bonds is 6. The molecule has 3 N–H and O–H groups in total. The molecular weight excluding hydrogens is 360 g/mol. The highest BCUT2D eigenvalue weighted by molar-refractivity contribution is 5.97. The number of nitrogens with zero attached hydrogens (tertiary/aromatic N) is 2. The van der Waals surface area contributed by atoms with Crippen LogP contribution in [0, 0.1) is 5.41 Å². The summed E-state index contributed by atoms with van der Waals surface area (Å²) in [4.78, 5) is 13.0. The lowest BCUT2D eigenvalue weighted by Gasteiger charge is -2.16. The molecule has 28 heavy (non-hydrogen) atoms. The van der Waals surface area contributed by atoms with Crippen LogP contribution in [0.25, 0.3) is 11.3 Å². The first kappa shape index (κ1) is 19.0. The molecule has 0 aliphatic carbocycles. The summed E-state index contributed by atoms with van der Waals surface area (Å²) in [6.45, 7) is 0. The van der Waals surface area contributed by atoms with Gasteiger partial charge in [0.15, 0.2) is 0 Å². The van der Waals surface area contributed by atoms with E-state index in [-0.39, 0.29) is 5.76 Å². The molecule has 144 valence electrons. The van der Waals surface area contributed by atoms with E-state index in [0.717, 1.165) is 0 Å². The van der Waals surface area contributed by atoms with Gasteiger partial charge >= 0.3 is 0 Å². The Labute approximate surface area is 162 Å². The van der Waals surface area contributed by atoms with Gasteiger partial charge in [0.05, 0.1) is 7.11 Å². The molecule has 8 heteroatoms. The van der Waals surface area contributed by atoms with Gasteiger partial charge in [0, 0.05) is 31.3 Å². The van der Waals surface area contributed by atoms with Gasteiger partial charge in [-0.15, -0.1) is 0 Å². The summed E-state index contributed by atoms with van der Waals surface area (Å²) in [6.07, 6.45) is 0. The summed E-state index contributed by atoms with van der Waals surface area (Å²) in [6, 6.07) is 13.8. The predicted octanol–water partition coefficient (Wildman–Crippen LogP) is 3.13. The van der Waals surface area contributed by atoms with Gasteiger partial charge in [-0.1, -0.05) is 11.2 Å². The number of methoxy groups -OCH3 is 1. The van der Waals surface area contributed by atoms with Crippen molar-refractivity contribution < 1.29 is 18.8 Å². The van der Waals surface area contributed by atoms with E-state index < -0.39 is 5.91 Å². The first-order valence-electron chi connectivity index (χ1n) is 8.38. The molecule has 2 aromatic carbocycles. The van der Waals surface area contributed by atoms with Crippen molar-refractivity contribution in [2.75, 3.05) is 21.2 Å². The lowest BCUT2D eigenvalue weighted by atomic mass is 10.1. The maximum absolute atomic E-state index is 11.3. The second-order valence-corrected chi connectivity index (χ2v) is 6.17. The number of aromatic nitrogens is 1. The van der Waals surface area contributed by atoms with Crippen LogP contribution in [0.2, 0.25) is 0 Å². The van der Waals surface area contributed by atoms with E-state index >= 15 is 0 Å². The van der Waals surface area contributed by atoms with Crippen molar-refractivity contribution in [3.8, 4) is 28.5 Å². The summed E-state index contributed by atoms with van der Waals surface area (Å²) in [5, 5.41) is 12.1. The van der Waals surface area contributed by atoms with E-state index in [1.54, 1.807) is 68.6 Å². The van der Waals surface area contributed by atoms with E-state index in [0.29, 0.717) is 39.9 Å². The molecule has 0 aliphatic heterocycles. The fourth-order valence-corrected chi connectivity index (χ4v) is 2.51. The zero-order valence-corrected chi connectivity index (χ0v) is 15.7. The number of primary amides is 1. The smallest absolute Gasteiger partial charge is 0.287 e. The zero-order valence-electron chi connectivity index (χ0n) is 15.7. The Hall–Kier alpha value is -3.81. The maximum atomic E-state index is 11.3. The number of hydrogen-bond donors (Lipinski definition) is 2. The molecule has 0 unspecified atom stereocenters. The Bertz CT molecular complexity index is 1010. The highest BCUT2D eigenvalue weighted by Gasteiger charge is 2.17. The van der Waals surface area contributed by atoms with E-state index in [2.05, 4.69) is 5.16 Å². The minimum Gasteiger partial charge on any atom is -0.497 e. The molecular formula is C20H20N4O4. The summed E-state index contributed by atoms with van der Waals surface area (Å²) in [7, 11) is 5.17. The minimum atomic E-state index is -0.706. The molecule has 0 bridgehead atoms. The summed E-state index contributed by atoms with van der Waals surface area (Å²) < 4.78 is 16.2. The zero-order chi connectivity index (χ0) is 20.3. The molecule has 0 radical (unpaired) electrons. The number of nitrogens with one attached hydrogen (secondary N) is 1. The van der Waals surface area contributed by atoms with Crippen molar-refractivity contribution >= 4 is 11.7 Å². The van der Waals surface area contributed by atoms with Crippen molar-refractivity contribution in [1.29, 1.82) is 5.41 Å². The molecule has 0 saturated carbocycles. The number of hydrogen-bond acceptors (Lipinski definition) is 6. The van der Waals surface area contributed by atoms with Crippen molar-refractivity contribution in [3.05, 3.63) is 59.9 Å². The molecule has 0 fully saturated rings.